The molecule has 4 N–H and O–H groups in total. The highest BCUT2D eigenvalue weighted by Crippen LogP contribution is 2.37. The minimum absolute atomic E-state index is 0.0675. The molecule has 2 aliphatic rings. The standard InChI is InChI=1S/C15H23N5O/c1-10-2-3-11-8-20(9-12(11)6-10)14-7-13(17-4-5-21)18-15(16)19-14/h2,7,11-12,21H,3-6,8-9H2,1H3,(H3,16,17,18,19)/t11-,12+/m1/s1. The molecule has 21 heavy (non-hydrogen) atoms. The molecule has 1 aliphatic carbocycles. The molecule has 114 valence electrons. The number of nitrogens with zero attached hydrogens (tertiary/aromatic N) is 3. The highest BCUT2D eigenvalue weighted by molar-refractivity contribution is 5.53. The number of nitrogens with one attached hydrogen (secondary N) is 1. The Morgan fingerprint density at radius 1 is 1.38 bits per heavy atom. The number of hydrogen-bond donors (Lipinski definition) is 3. The van der Waals surface area contributed by atoms with E-state index in [9.17, 15) is 0 Å². The molecule has 0 amide bonds. The highest BCUT2D eigenvalue weighted by atomic mass is 16.3. The average molecular weight is 289 g/mol. The monoisotopic (exact) mass is 289 g/mol. The van der Waals surface area contributed by atoms with Crippen molar-refractivity contribution in [2.24, 2.45) is 11.8 Å². The van der Waals surface area contributed by atoms with Gasteiger partial charge in [-0.05, 0) is 31.6 Å². The van der Waals surface area contributed by atoms with Crippen LogP contribution in [-0.2, 0) is 0 Å². The van der Waals surface area contributed by atoms with Crippen LogP contribution in [0.2, 0.25) is 0 Å². The van der Waals surface area contributed by atoms with Gasteiger partial charge in [0, 0.05) is 25.7 Å². The Morgan fingerprint density at radius 3 is 3.00 bits per heavy atom. The van der Waals surface area contributed by atoms with Gasteiger partial charge in [-0.25, -0.2) is 0 Å². The fourth-order valence-electron chi connectivity index (χ4n) is 3.36. The first kappa shape index (κ1) is 14.1. The Morgan fingerprint density at radius 2 is 2.19 bits per heavy atom. The van der Waals surface area contributed by atoms with Crippen molar-refractivity contribution in [1.29, 1.82) is 0 Å². The molecule has 2 atom stereocenters. The quantitative estimate of drug-likeness (QED) is 0.723. The number of nitrogens with two attached hydrogens (primary N) is 1. The molecule has 3 rings (SSSR count). The lowest BCUT2D eigenvalue weighted by molar-refractivity contribution is 0.311. The number of anilines is 3. The van der Waals surface area contributed by atoms with Crippen molar-refractivity contribution >= 4 is 17.6 Å². The summed E-state index contributed by atoms with van der Waals surface area (Å²) >= 11 is 0. The number of aliphatic hydroxyl groups excluding tert-OH is 1. The van der Waals surface area contributed by atoms with Crippen LogP contribution in [0.1, 0.15) is 19.8 Å². The first-order chi connectivity index (χ1) is 10.2. The van der Waals surface area contributed by atoms with Gasteiger partial charge in [-0.1, -0.05) is 11.6 Å². The van der Waals surface area contributed by atoms with E-state index in [1.54, 1.807) is 0 Å². The lowest BCUT2D eigenvalue weighted by Crippen LogP contribution is -2.22. The van der Waals surface area contributed by atoms with Crippen LogP contribution in [-0.4, -0.2) is 41.3 Å². The zero-order chi connectivity index (χ0) is 14.8. The summed E-state index contributed by atoms with van der Waals surface area (Å²) in [6.45, 7) is 4.82. The summed E-state index contributed by atoms with van der Waals surface area (Å²) in [4.78, 5) is 10.8. The number of fused-ring (bicyclic) bond motifs is 1. The second-order valence-electron chi connectivity index (χ2n) is 6.04. The Hall–Kier alpha value is -1.82. The molecule has 6 nitrogen and oxygen atoms in total. The predicted molar refractivity (Wildman–Crippen MR) is 84.2 cm³/mol. The van der Waals surface area contributed by atoms with E-state index >= 15 is 0 Å². The van der Waals surface area contributed by atoms with Gasteiger partial charge in [0.1, 0.15) is 11.6 Å². The number of allylic oxidation sites excluding steroid dienone is 2. The van der Waals surface area contributed by atoms with Gasteiger partial charge < -0.3 is 21.1 Å². The van der Waals surface area contributed by atoms with Gasteiger partial charge in [-0.3, -0.25) is 0 Å². The van der Waals surface area contributed by atoms with Crippen molar-refractivity contribution in [2.75, 3.05) is 42.2 Å². The molecule has 0 aromatic carbocycles. The van der Waals surface area contributed by atoms with Crippen LogP contribution in [0, 0.1) is 11.8 Å². The summed E-state index contributed by atoms with van der Waals surface area (Å²) < 4.78 is 0. The maximum Gasteiger partial charge on any atom is 0.223 e. The van der Waals surface area contributed by atoms with Crippen molar-refractivity contribution in [3.05, 3.63) is 17.7 Å². The number of aliphatic hydroxyl groups is 1. The fraction of sp³-hybridized carbons (Fsp3) is 0.600. The van der Waals surface area contributed by atoms with E-state index in [-0.39, 0.29) is 12.6 Å². The lowest BCUT2D eigenvalue weighted by Gasteiger charge is -2.21. The third kappa shape index (κ3) is 3.10. The Bertz CT molecular complexity index is 545. The van der Waals surface area contributed by atoms with E-state index in [0.717, 1.165) is 30.7 Å². The minimum Gasteiger partial charge on any atom is -0.395 e. The summed E-state index contributed by atoms with van der Waals surface area (Å²) in [5, 5.41) is 11.9. The van der Waals surface area contributed by atoms with Gasteiger partial charge in [0.2, 0.25) is 5.95 Å². The molecule has 0 saturated carbocycles. The fourth-order valence-corrected chi connectivity index (χ4v) is 3.36. The summed E-state index contributed by atoms with van der Waals surface area (Å²) in [7, 11) is 0. The van der Waals surface area contributed by atoms with Crippen LogP contribution in [0.3, 0.4) is 0 Å². The van der Waals surface area contributed by atoms with E-state index < -0.39 is 0 Å². The smallest absolute Gasteiger partial charge is 0.223 e. The van der Waals surface area contributed by atoms with Crippen molar-refractivity contribution in [3.8, 4) is 0 Å². The molecule has 1 aromatic heterocycles. The highest BCUT2D eigenvalue weighted by Gasteiger charge is 2.34. The number of rotatable bonds is 4. The third-order valence-electron chi connectivity index (χ3n) is 4.40. The van der Waals surface area contributed by atoms with Crippen LogP contribution in [0.5, 0.6) is 0 Å². The molecule has 6 heteroatoms. The number of hydrogen-bond acceptors (Lipinski definition) is 6. The summed E-state index contributed by atoms with van der Waals surface area (Å²) in [6, 6.07) is 1.92. The molecular formula is C15H23N5O. The molecule has 0 radical (unpaired) electrons. The van der Waals surface area contributed by atoms with Gasteiger partial charge in [0.25, 0.3) is 0 Å². The number of nitrogen functional groups attached to an aromatic ring is 1. The third-order valence-corrected chi connectivity index (χ3v) is 4.40. The second kappa shape index (κ2) is 5.89. The van der Waals surface area contributed by atoms with Crippen molar-refractivity contribution in [3.63, 3.8) is 0 Å². The SMILES string of the molecule is CC1=CC[C@@H]2CN(c3cc(NCCO)nc(N)n3)C[C@@H]2C1. The maximum absolute atomic E-state index is 8.89. The second-order valence-corrected chi connectivity index (χ2v) is 6.04. The first-order valence-electron chi connectivity index (χ1n) is 7.55. The molecular weight excluding hydrogens is 266 g/mol. The van der Waals surface area contributed by atoms with Crippen LogP contribution >= 0.6 is 0 Å². The van der Waals surface area contributed by atoms with Crippen LogP contribution in [0.15, 0.2) is 17.7 Å². The molecule has 0 spiro atoms. The Labute approximate surface area is 125 Å². The zero-order valence-corrected chi connectivity index (χ0v) is 12.4. The maximum atomic E-state index is 8.89. The normalized spacial score (nSPS) is 24.7. The van der Waals surface area contributed by atoms with Crippen LogP contribution in [0.25, 0.3) is 0 Å². The summed E-state index contributed by atoms with van der Waals surface area (Å²) in [6.07, 6.45) is 4.73. The Balaban J connectivity index is 1.74. The lowest BCUT2D eigenvalue weighted by atomic mass is 9.83. The molecule has 1 aliphatic heterocycles. The van der Waals surface area contributed by atoms with Crippen LogP contribution < -0.4 is 16.0 Å². The van der Waals surface area contributed by atoms with Crippen molar-refractivity contribution in [1.82, 2.24) is 9.97 Å². The molecule has 0 bridgehead atoms. The summed E-state index contributed by atoms with van der Waals surface area (Å²) in [5.41, 5.74) is 7.31. The van der Waals surface area contributed by atoms with Crippen molar-refractivity contribution < 1.29 is 5.11 Å². The predicted octanol–water partition coefficient (Wildman–Crippen LogP) is 1.26. The van der Waals surface area contributed by atoms with Gasteiger partial charge in [-0.15, -0.1) is 0 Å². The largest absolute Gasteiger partial charge is 0.395 e. The molecule has 1 fully saturated rings. The number of aromatic nitrogens is 2. The Kier molecular flexibility index (Phi) is 3.96. The van der Waals surface area contributed by atoms with E-state index in [4.69, 9.17) is 10.8 Å². The van der Waals surface area contributed by atoms with Crippen molar-refractivity contribution in [2.45, 2.75) is 19.8 Å². The summed E-state index contributed by atoms with van der Waals surface area (Å²) in [5.74, 6) is 3.28. The molecule has 2 heterocycles. The van der Waals surface area contributed by atoms with Gasteiger partial charge in [0.15, 0.2) is 0 Å². The van der Waals surface area contributed by atoms with Crippen LogP contribution in [0.4, 0.5) is 17.6 Å². The van der Waals surface area contributed by atoms with E-state index in [2.05, 4.69) is 33.2 Å². The van der Waals surface area contributed by atoms with Gasteiger partial charge in [-0.2, -0.15) is 9.97 Å². The van der Waals surface area contributed by atoms with E-state index in [0.29, 0.717) is 12.4 Å². The molecule has 0 unspecified atom stereocenters. The topological polar surface area (TPSA) is 87.3 Å². The minimum atomic E-state index is 0.0675. The van der Waals surface area contributed by atoms with Gasteiger partial charge >= 0.3 is 0 Å². The zero-order valence-electron chi connectivity index (χ0n) is 12.4. The average Bonchev–Trinajstić information content (AvgIpc) is 2.87. The first-order valence-corrected chi connectivity index (χ1v) is 7.55. The molecule has 1 aromatic rings. The van der Waals surface area contributed by atoms with E-state index in [1.165, 1.54) is 18.4 Å². The van der Waals surface area contributed by atoms with Gasteiger partial charge in [0.05, 0.1) is 6.61 Å². The molecule has 1 saturated heterocycles. The van der Waals surface area contributed by atoms with E-state index in [1.807, 2.05) is 6.07 Å².